The van der Waals surface area contributed by atoms with E-state index in [4.69, 9.17) is 4.74 Å². The number of rotatable bonds is 7. The Bertz CT molecular complexity index is 1090. The van der Waals surface area contributed by atoms with Crippen LogP contribution in [0.2, 0.25) is 0 Å². The smallest absolute Gasteiger partial charge is 0.407 e. The summed E-state index contributed by atoms with van der Waals surface area (Å²) >= 11 is 0. The Morgan fingerprint density at radius 3 is 2.26 bits per heavy atom. The Kier molecular flexibility index (Phi) is 6.54. The molecule has 3 amide bonds. The number of ether oxygens (including phenoxy) is 1. The number of carboxylic acid groups (broad SMARTS) is 1. The number of aliphatic carboxylic acids is 1. The van der Waals surface area contributed by atoms with E-state index in [0.717, 1.165) is 27.3 Å². The molecule has 9 heteroatoms. The minimum atomic E-state index is -1.32. The predicted octanol–water partition coefficient (Wildman–Crippen LogP) is 2.66. The van der Waals surface area contributed by atoms with Crippen molar-refractivity contribution in [3.63, 3.8) is 0 Å². The van der Waals surface area contributed by atoms with Crippen molar-refractivity contribution in [2.45, 2.75) is 44.7 Å². The van der Waals surface area contributed by atoms with Crippen LogP contribution < -0.4 is 10.7 Å². The lowest BCUT2D eigenvalue weighted by atomic mass is 9.97. The molecule has 0 radical (unpaired) electrons. The molecule has 1 fully saturated rings. The van der Waals surface area contributed by atoms with Gasteiger partial charge < -0.3 is 15.2 Å². The van der Waals surface area contributed by atoms with Crippen LogP contribution >= 0.6 is 0 Å². The lowest BCUT2D eigenvalue weighted by Crippen LogP contribution is -2.57. The molecule has 1 heterocycles. The van der Waals surface area contributed by atoms with Gasteiger partial charge in [-0.25, -0.2) is 14.6 Å². The van der Waals surface area contributed by atoms with E-state index in [2.05, 4.69) is 10.7 Å². The molecule has 0 spiro atoms. The lowest BCUT2D eigenvalue weighted by Gasteiger charge is -2.29. The van der Waals surface area contributed by atoms with Gasteiger partial charge in [-0.3, -0.25) is 15.0 Å². The molecule has 3 atom stereocenters. The van der Waals surface area contributed by atoms with Gasteiger partial charge in [0, 0.05) is 5.92 Å². The second kappa shape index (κ2) is 9.54. The van der Waals surface area contributed by atoms with Gasteiger partial charge in [0.25, 0.3) is 5.91 Å². The van der Waals surface area contributed by atoms with Gasteiger partial charge in [0.2, 0.25) is 5.91 Å². The fourth-order valence-electron chi connectivity index (χ4n) is 4.53. The highest BCUT2D eigenvalue weighted by atomic mass is 16.5. The first kappa shape index (κ1) is 23.3. The van der Waals surface area contributed by atoms with E-state index < -0.39 is 36.0 Å². The number of carboxylic acids is 1. The van der Waals surface area contributed by atoms with Crippen LogP contribution in [0.1, 0.15) is 43.7 Å². The maximum absolute atomic E-state index is 13.1. The normalized spacial score (nSPS) is 18.5. The summed E-state index contributed by atoms with van der Waals surface area (Å²) in [6.07, 6.45) is -0.573. The third kappa shape index (κ3) is 4.33. The van der Waals surface area contributed by atoms with Crippen LogP contribution in [0, 0.1) is 5.92 Å². The monoisotopic (exact) mass is 465 g/mol. The average Bonchev–Trinajstić information content (AvgIpc) is 3.38. The van der Waals surface area contributed by atoms with Crippen molar-refractivity contribution in [1.82, 2.24) is 15.8 Å². The van der Waals surface area contributed by atoms with Crippen molar-refractivity contribution < 1.29 is 29.0 Å². The standard InChI is InChI=1S/C25H27N3O6/c1-3-14(2)22(23(30)28-20(24(31)32)12-21(29)27-28)26-25(33)34-13-19-17-10-6-4-8-15(17)16-9-5-7-11-18(16)19/h4-11,14,19-20,22H,3,12-13H2,1-2H3,(H,26,33)(H,27,29)(H,31,32)/t14-,20?,22-/m0/s1. The quantitative estimate of drug-likeness (QED) is 0.577. The Morgan fingerprint density at radius 2 is 1.71 bits per heavy atom. The summed E-state index contributed by atoms with van der Waals surface area (Å²) in [6.45, 7) is 3.70. The molecular formula is C25H27N3O6. The van der Waals surface area contributed by atoms with E-state index in [9.17, 15) is 24.3 Å². The first-order valence-electron chi connectivity index (χ1n) is 11.3. The number of carbonyl (C=O) groups is 4. The Balaban J connectivity index is 1.47. The second-order valence-corrected chi connectivity index (χ2v) is 8.63. The molecule has 0 saturated carbocycles. The first-order valence-corrected chi connectivity index (χ1v) is 11.3. The van der Waals surface area contributed by atoms with E-state index in [0.29, 0.717) is 6.42 Å². The van der Waals surface area contributed by atoms with Crippen LogP contribution in [-0.2, 0) is 19.1 Å². The molecule has 1 saturated heterocycles. The van der Waals surface area contributed by atoms with Gasteiger partial charge in [0.1, 0.15) is 12.6 Å². The van der Waals surface area contributed by atoms with E-state index >= 15 is 0 Å². The molecule has 34 heavy (non-hydrogen) atoms. The highest BCUT2D eigenvalue weighted by molar-refractivity contribution is 5.96. The Hall–Kier alpha value is -3.88. The number of benzene rings is 2. The third-order valence-electron chi connectivity index (χ3n) is 6.55. The number of amides is 3. The van der Waals surface area contributed by atoms with Crippen molar-refractivity contribution >= 4 is 23.9 Å². The predicted molar refractivity (Wildman–Crippen MR) is 122 cm³/mol. The van der Waals surface area contributed by atoms with Crippen molar-refractivity contribution in [3.8, 4) is 11.1 Å². The summed E-state index contributed by atoms with van der Waals surface area (Å²) in [7, 11) is 0. The molecule has 9 nitrogen and oxygen atoms in total. The SMILES string of the molecule is CC[C@H](C)[C@H](NC(=O)OCC1c2ccccc2-c2ccccc21)C(=O)N1NC(=O)CC1C(=O)O. The minimum absolute atomic E-state index is 0.0828. The maximum atomic E-state index is 13.1. The van der Waals surface area contributed by atoms with Gasteiger partial charge in [-0.15, -0.1) is 0 Å². The topological polar surface area (TPSA) is 125 Å². The largest absolute Gasteiger partial charge is 0.480 e. The molecule has 1 aliphatic heterocycles. The van der Waals surface area contributed by atoms with Crippen LogP contribution in [0.4, 0.5) is 4.79 Å². The fourth-order valence-corrected chi connectivity index (χ4v) is 4.53. The summed E-state index contributed by atoms with van der Waals surface area (Å²) in [4.78, 5) is 49.1. The summed E-state index contributed by atoms with van der Waals surface area (Å²) in [5.41, 5.74) is 6.62. The van der Waals surface area contributed by atoms with Gasteiger partial charge in [-0.2, -0.15) is 0 Å². The highest BCUT2D eigenvalue weighted by Crippen LogP contribution is 2.44. The number of nitrogens with one attached hydrogen (secondary N) is 2. The maximum Gasteiger partial charge on any atom is 0.407 e. The van der Waals surface area contributed by atoms with E-state index in [-0.39, 0.29) is 24.9 Å². The van der Waals surface area contributed by atoms with Crippen molar-refractivity contribution in [2.75, 3.05) is 6.61 Å². The molecule has 0 bridgehead atoms. The van der Waals surface area contributed by atoms with Crippen LogP contribution in [0.5, 0.6) is 0 Å². The van der Waals surface area contributed by atoms with Gasteiger partial charge in [0.15, 0.2) is 6.04 Å². The van der Waals surface area contributed by atoms with E-state index in [1.807, 2.05) is 55.5 Å². The molecule has 1 aliphatic carbocycles. The third-order valence-corrected chi connectivity index (χ3v) is 6.55. The Morgan fingerprint density at radius 1 is 1.12 bits per heavy atom. The molecule has 0 aromatic heterocycles. The van der Waals surface area contributed by atoms with E-state index in [1.54, 1.807) is 6.92 Å². The Labute approximate surface area is 197 Å². The summed E-state index contributed by atoms with van der Waals surface area (Å²) < 4.78 is 5.55. The summed E-state index contributed by atoms with van der Waals surface area (Å²) in [5, 5.41) is 12.8. The first-order chi connectivity index (χ1) is 16.3. The second-order valence-electron chi connectivity index (χ2n) is 8.63. The molecule has 178 valence electrons. The lowest BCUT2D eigenvalue weighted by molar-refractivity contribution is -0.152. The van der Waals surface area contributed by atoms with E-state index in [1.165, 1.54) is 0 Å². The van der Waals surface area contributed by atoms with Gasteiger partial charge in [-0.1, -0.05) is 68.8 Å². The molecule has 2 aliphatic rings. The van der Waals surface area contributed by atoms with Crippen molar-refractivity contribution in [2.24, 2.45) is 5.92 Å². The van der Waals surface area contributed by atoms with Crippen LogP contribution in [0.3, 0.4) is 0 Å². The number of nitrogens with zero attached hydrogens (tertiary/aromatic N) is 1. The average molecular weight is 466 g/mol. The van der Waals surface area contributed by atoms with Crippen LogP contribution in [-0.4, -0.2) is 52.7 Å². The van der Waals surface area contributed by atoms with Crippen molar-refractivity contribution in [3.05, 3.63) is 59.7 Å². The summed E-state index contributed by atoms with van der Waals surface area (Å²) in [6, 6.07) is 13.5. The number of fused-ring (bicyclic) bond motifs is 3. The van der Waals surface area contributed by atoms with Gasteiger partial charge >= 0.3 is 12.1 Å². The zero-order valence-corrected chi connectivity index (χ0v) is 19.0. The molecule has 1 unspecified atom stereocenters. The molecule has 4 rings (SSSR count). The number of hydrazine groups is 1. The molecule has 2 aromatic rings. The number of hydrogen-bond donors (Lipinski definition) is 3. The van der Waals surface area contributed by atoms with Crippen molar-refractivity contribution in [1.29, 1.82) is 0 Å². The number of carbonyl (C=O) groups excluding carboxylic acids is 3. The molecule has 2 aromatic carbocycles. The summed E-state index contributed by atoms with van der Waals surface area (Å²) in [5.74, 6) is -3.01. The van der Waals surface area contributed by atoms with Crippen LogP contribution in [0.15, 0.2) is 48.5 Å². The fraction of sp³-hybridized carbons (Fsp3) is 0.360. The van der Waals surface area contributed by atoms with Gasteiger partial charge in [0.05, 0.1) is 6.42 Å². The number of alkyl carbamates (subject to hydrolysis) is 1. The zero-order chi connectivity index (χ0) is 24.4. The minimum Gasteiger partial charge on any atom is -0.480 e. The molecule has 3 N–H and O–H groups in total. The number of hydrogen-bond acceptors (Lipinski definition) is 5. The van der Waals surface area contributed by atoms with Gasteiger partial charge in [-0.05, 0) is 28.2 Å². The van der Waals surface area contributed by atoms with Crippen LogP contribution in [0.25, 0.3) is 11.1 Å². The zero-order valence-electron chi connectivity index (χ0n) is 19.0. The molecular weight excluding hydrogens is 438 g/mol. The highest BCUT2D eigenvalue weighted by Gasteiger charge is 2.43.